The number of imidazole rings is 1. The SMILES string of the molecule is CCc1ccc(CNC(=NC)NCc2cn3ccsc3n2)s1.I. The van der Waals surface area contributed by atoms with Crippen molar-refractivity contribution in [3.63, 3.8) is 0 Å². The summed E-state index contributed by atoms with van der Waals surface area (Å²) in [4.78, 5) is 12.6. The van der Waals surface area contributed by atoms with Crippen LogP contribution < -0.4 is 10.6 Å². The molecule has 0 saturated carbocycles. The summed E-state index contributed by atoms with van der Waals surface area (Å²) in [5.41, 5.74) is 1.01. The summed E-state index contributed by atoms with van der Waals surface area (Å²) in [6.07, 6.45) is 5.15. The molecule has 124 valence electrons. The van der Waals surface area contributed by atoms with E-state index in [1.54, 1.807) is 18.4 Å². The minimum absolute atomic E-state index is 0. The van der Waals surface area contributed by atoms with Crippen molar-refractivity contribution in [1.82, 2.24) is 20.0 Å². The number of guanidine groups is 1. The topological polar surface area (TPSA) is 53.7 Å². The Bertz CT molecular complexity index is 745. The van der Waals surface area contributed by atoms with Crippen molar-refractivity contribution in [3.8, 4) is 0 Å². The van der Waals surface area contributed by atoms with Gasteiger partial charge in [0.05, 0.1) is 18.8 Å². The van der Waals surface area contributed by atoms with Crippen molar-refractivity contribution in [3.05, 3.63) is 45.4 Å². The lowest BCUT2D eigenvalue weighted by molar-refractivity contribution is 0.804. The Morgan fingerprint density at radius 3 is 2.74 bits per heavy atom. The molecule has 5 nitrogen and oxygen atoms in total. The molecule has 23 heavy (non-hydrogen) atoms. The van der Waals surface area contributed by atoms with E-state index >= 15 is 0 Å². The summed E-state index contributed by atoms with van der Waals surface area (Å²) in [6.45, 7) is 3.64. The number of halogens is 1. The molecule has 0 aliphatic heterocycles. The Morgan fingerprint density at radius 2 is 2.04 bits per heavy atom. The van der Waals surface area contributed by atoms with E-state index in [1.807, 2.05) is 33.5 Å². The Kier molecular flexibility index (Phi) is 6.85. The number of rotatable bonds is 5. The first-order valence-electron chi connectivity index (χ1n) is 7.21. The molecular weight excluding hydrogens is 441 g/mol. The molecule has 3 aromatic rings. The quantitative estimate of drug-likeness (QED) is 0.348. The lowest BCUT2D eigenvalue weighted by Crippen LogP contribution is -2.36. The van der Waals surface area contributed by atoms with E-state index in [-0.39, 0.29) is 24.0 Å². The molecule has 3 rings (SSSR count). The highest BCUT2D eigenvalue weighted by atomic mass is 127. The number of hydrogen-bond donors (Lipinski definition) is 2. The zero-order valence-electron chi connectivity index (χ0n) is 13.1. The van der Waals surface area contributed by atoms with Gasteiger partial charge in [-0.15, -0.1) is 46.7 Å². The molecule has 0 amide bonds. The zero-order valence-corrected chi connectivity index (χ0v) is 17.0. The maximum atomic E-state index is 4.55. The van der Waals surface area contributed by atoms with E-state index < -0.39 is 0 Å². The lowest BCUT2D eigenvalue weighted by atomic mass is 10.3. The van der Waals surface area contributed by atoms with Gasteiger partial charge in [0, 0.05) is 34.6 Å². The normalized spacial score (nSPS) is 11.5. The van der Waals surface area contributed by atoms with Gasteiger partial charge in [-0.3, -0.25) is 9.39 Å². The molecule has 0 aliphatic rings. The van der Waals surface area contributed by atoms with Crippen LogP contribution in [0.1, 0.15) is 22.4 Å². The number of hydrogen-bond acceptors (Lipinski definition) is 4. The van der Waals surface area contributed by atoms with Crippen molar-refractivity contribution in [2.75, 3.05) is 7.05 Å². The van der Waals surface area contributed by atoms with Crippen LogP contribution in [-0.4, -0.2) is 22.4 Å². The summed E-state index contributed by atoms with van der Waals surface area (Å²) in [7, 11) is 1.78. The molecule has 3 heterocycles. The molecular formula is C15H20IN5S2. The highest BCUT2D eigenvalue weighted by Gasteiger charge is 2.05. The number of nitrogens with zero attached hydrogens (tertiary/aromatic N) is 3. The fraction of sp³-hybridized carbons (Fsp3) is 0.333. The van der Waals surface area contributed by atoms with E-state index in [9.17, 15) is 0 Å². The number of aliphatic imine (C=N–C) groups is 1. The number of aromatic nitrogens is 2. The molecule has 0 aromatic carbocycles. The van der Waals surface area contributed by atoms with Gasteiger partial charge >= 0.3 is 0 Å². The molecule has 2 N–H and O–H groups in total. The number of nitrogens with one attached hydrogen (secondary N) is 2. The average molecular weight is 461 g/mol. The van der Waals surface area contributed by atoms with Crippen LogP contribution >= 0.6 is 46.7 Å². The first kappa shape index (κ1) is 18.2. The third kappa shape index (κ3) is 4.67. The number of fused-ring (bicyclic) bond motifs is 1. The lowest BCUT2D eigenvalue weighted by Gasteiger charge is -2.09. The maximum absolute atomic E-state index is 4.55. The Balaban J connectivity index is 0.00000192. The summed E-state index contributed by atoms with van der Waals surface area (Å²) in [5.74, 6) is 0.794. The third-order valence-corrected chi connectivity index (χ3v) is 5.30. The van der Waals surface area contributed by atoms with Crippen molar-refractivity contribution in [2.24, 2.45) is 4.99 Å². The van der Waals surface area contributed by atoms with Crippen LogP contribution in [0.5, 0.6) is 0 Å². The largest absolute Gasteiger partial charge is 0.352 e. The van der Waals surface area contributed by atoms with Gasteiger partial charge in [0.1, 0.15) is 0 Å². The van der Waals surface area contributed by atoms with Gasteiger partial charge in [0.2, 0.25) is 0 Å². The molecule has 0 bridgehead atoms. The van der Waals surface area contributed by atoms with Crippen LogP contribution in [0.4, 0.5) is 0 Å². The van der Waals surface area contributed by atoms with Gasteiger partial charge in [0.15, 0.2) is 10.9 Å². The first-order valence-corrected chi connectivity index (χ1v) is 8.91. The fourth-order valence-corrected chi connectivity index (χ4v) is 3.75. The van der Waals surface area contributed by atoms with Gasteiger partial charge in [0.25, 0.3) is 0 Å². The van der Waals surface area contributed by atoms with Gasteiger partial charge in [-0.25, -0.2) is 4.98 Å². The minimum atomic E-state index is 0. The van der Waals surface area contributed by atoms with Crippen LogP contribution in [0.25, 0.3) is 4.96 Å². The fourth-order valence-electron chi connectivity index (χ4n) is 2.13. The number of thiazole rings is 1. The molecule has 0 unspecified atom stereocenters. The standard InChI is InChI=1S/C15H19N5S2.HI/c1-3-12-4-5-13(22-12)9-18-14(16-2)17-8-11-10-20-6-7-21-15(20)19-11;/h4-7,10H,3,8-9H2,1-2H3,(H2,16,17,18);1H. The van der Waals surface area contributed by atoms with Gasteiger partial charge in [-0.1, -0.05) is 6.92 Å². The smallest absolute Gasteiger partial charge is 0.193 e. The first-order chi connectivity index (χ1) is 10.8. The van der Waals surface area contributed by atoms with Crippen molar-refractivity contribution < 1.29 is 0 Å². The second kappa shape index (κ2) is 8.65. The second-order valence-electron chi connectivity index (χ2n) is 4.83. The van der Waals surface area contributed by atoms with Crippen LogP contribution in [-0.2, 0) is 19.5 Å². The van der Waals surface area contributed by atoms with Crippen LogP contribution in [0.3, 0.4) is 0 Å². The zero-order chi connectivity index (χ0) is 15.4. The monoisotopic (exact) mass is 461 g/mol. The van der Waals surface area contributed by atoms with E-state index in [0.29, 0.717) is 6.54 Å². The molecule has 0 spiro atoms. The summed E-state index contributed by atoms with van der Waals surface area (Å²) in [5, 5.41) is 8.67. The molecule has 8 heteroatoms. The van der Waals surface area contributed by atoms with Crippen LogP contribution in [0.15, 0.2) is 34.9 Å². The van der Waals surface area contributed by atoms with E-state index in [1.165, 1.54) is 9.75 Å². The van der Waals surface area contributed by atoms with Gasteiger partial charge < -0.3 is 10.6 Å². The van der Waals surface area contributed by atoms with Crippen LogP contribution in [0.2, 0.25) is 0 Å². The van der Waals surface area contributed by atoms with E-state index in [0.717, 1.165) is 29.6 Å². The Hall–Kier alpha value is -1.13. The molecule has 0 saturated heterocycles. The average Bonchev–Trinajstić information content (AvgIpc) is 3.22. The predicted octanol–water partition coefficient (Wildman–Crippen LogP) is 3.50. The third-order valence-electron chi connectivity index (χ3n) is 3.30. The molecule has 0 aliphatic carbocycles. The van der Waals surface area contributed by atoms with Crippen molar-refractivity contribution >= 4 is 57.6 Å². The predicted molar refractivity (Wildman–Crippen MR) is 109 cm³/mol. The van der Waals surface area contributed by atoms with E-state index in [2.05, 4.69) is 39.7 Å². The number of thiophene rings is 1. The minimum Gasteiger partial charge on any atom is -0.352 e. The van der Waals surface area contributed by atoms with Crippen molar-refractivity contribution in [1.29, 1.82) is 0 Å². The highest BCUT2D eigenvalue weighted by molar-refractivity contribution is 14.0. The maximum Gasteiger partial charge on any atom is 0.193 e. The Labute approximate surface area is 160 Å². The van der Waals surface area contributed by atoms with Crippen LogP contribution in [0, 0.1) is 0 Å². The summed E-state index contributed by atoms with van der Waals surface area (Å²) < 4.78 is 2.04. The van der Waals surface area contributed by atoms with Crippen molar-refractivity contribution in [2.45, 2.75) is 26.4 Å². The Morgan fingerprint density at radius 1 is 1.26 bits per heavy atom. The summed E-state index contributed by atoms with van der Waals surface area (Å²) in [6, 6.07) is 4.36. The highest BCUT2D eigenvalue weighted by Crippen LogP contribution is 2.16. The molecule has 0 fully saturated rings. The summed E-state index contributed by atoms with van der Waals surface area (Å²) >= 11 is 3.48. The van der Waals surface area contributed by atoms with E-state index in [4.69, 9.17) is 0 Å². The number of aryl methyl sites for hydroxylation is 1. The molecule has 0 atom stereocenters. The molecule has 0 radical (unpaired) electrons. The van der Waals surface area contributed by atoms with Gasteiger partial charge in [-0.2, -0.15) is 0 Å². The second-order valence-corrected chi connectivity index (χ2v) is 6.95. The van der Waals surface area contributed by atoms with Gasteiger partial charge in [-0.05, 0) is 18.6 Å². The molecule has 3 aromatic heterocycles.